The van der Waals surface area contributed by atoms with E-state index in [0.29, 0.717) is 28.3 Å². The number of carbonyl (C=O) groups excluding carboxylic acids is 2. The smallest absolute Gasteiger partial charge is 0.205 e. The van der Waals surface area contributed by atoms with Gasteiger partial charge in [-0.25, -0.2) is 0 Å². The van der Waals surface area contributed by atoms with Gasteiger partial charge in [0.2, 0.25) is 11.6 Å². The largest absolute Gasteiger partial charge is 0.355 e. The number of nitrogens with zero attached hydrogens (tertiary/aromatic N) is 4. The van der Waals surface area contributed by atoms with Gasteiger partial charge in [0, 0.05) is 16.8 Å². The van der Waals surface area contributed by atoms with Gasteiger partial charge in [0.25, 0.3) is 0 Å². The van der Waals surface area contributed by atoms with Crippen LogP contribution in [0.5, 0.6) is 0 Å². The van der Waals surface area contributed by atoms with E-state index in [-0.39, 0.29) is 11.6 Å². The average molecular weight is 351 g/mol. The summed E-state index contributed by atoms with van der Waals surface area (Å²) in [6.45, 7) is 8.77. The summed E-state index contributed by atoms with van der Waals surface area (Å²) in [5.74, 6) is 0.211. The number of aryl methyl sites for hydroxylation is 2. The number of aromatic nitrogens is 5. The highest BCUT2D eigenvalue weighted by atomic mass is 16.1. The van der Waals surface area contributed by atoms with E-state index in [0.717, 1.165) is 11.1 Å². The lowest BCUT2D eigenvalue weighted by molar-refractivity contribution is 0.0912. The fraction of sp³-hybridized carbons (Fsp3) is 0.316. The summed E-state index contributed by atoms with van der Waals surface area (Å²) in [6.07, 6.45) is 0. The highest BCUT2D eigenvalue weighted by Crippen LogP contribution is 2.23. The minimum Gasteiger partial charge on any atom is -0.355 e. The van der Waals surface area contributed by atoms with E-state index in [1.807, 2.05) is 31.2 Å². The molecule has 1 N–H and O–H groups in total. The van der Waals surface area contributed by atoms with Crippen LogP contribution in [0.3, 0.4) is 0 Å². The zero-order valence-electron chi connectivity index (χ0n) is 15.5. The van der Waals surface area contributed by atoms with Crippen molar-refractivity contribution in [3.05, 3.63) is 52.3 Å². The van der Waals surface area contributed by atoms with Crippen LogP contribution in [0.2, 0.25) is 0 Å². The molecule has 7 heteroatoms. The zero-order chi connectivity index (χ0) is 19.0. The molecule has 134 valence electrons. The topological polar surface area (TPSA) is 93.5 Å². The van der Waals surface area contributed by atoms with Crippen molar-refractivity contribution in [3.63, 3.8) is 0 Å². The summed E-state index contributed by atoms with van der Waals surface area (Å²) in [4.78, 5) is 29.0. The van der Waals surface area contributed by atoms with Gasteiger partial charge >= 0.3 is 0 Å². The van der Waals surface area contributed by atoms with Crippen molar-refractivity contribution in [2.75, 3.05) is 0 Å². The van der Waals surface area contributed by atoms with E-state index in [9.17, 15) is 9.59 Å². The first-order valence-corrected chi connectivity index (χ1v) is 8.40. The second-order valence-corrected chi connectivity index (χ2v) is 6.52. The molecular formula is C19H21N5O2. The Morgan fingerprint density at radius 3 is 2.35 bits per heavy atom. The monoisotopic (exact) mass is 351 g/mol. The molecule has 1 aromatic carbocycles. The Kier molecular flexibility index (Phi) is 4.54. The number of hydrogen-bond donors (Lipinski definition) is 1. The van der Waals surface area contributed by atoms with Crippen LogP contribution in [-0.4, -0.2) is 36.8 Å². The van der Waals surface area contributed by atoms with Gasteiger partial charge in [0.1, 0.15) is 6.04 Å². The minimum absolute atomic E-state index is 0.0662. The summed E-state index contributed by atoms with van der Waals surface area (Å²) in [7, 11) is 0. The Morgan fingerprint density at radius 2 is 1.77 bits per heavy atom. The van der Waals surface area contributed by atoms with Crippen molar-refractivity contribution in [2.24, 2.45) is 0 Å². The lowest BCUT2D eigenvalue weighted by Crippen LogP contribution is -2.20. The molecule has 0 amide bonds. The fourth-order valence-corrected chi connectivity index (χ4v) is 3.05. The Labute approximate surface area is 151 Å². The quantitative estimate of drug-likeness (QED) is 0.712. The van der Waals surface area contributed by atoms with Crippen molar-refractivity contribution in [2.45, 2.75) is 40.7 Å². The lowest BCUT2D eigenvalue weighted by Gasteiger charge is -2.08. The van der Waals surface area contributed by atoms with Gasteiger partial charge in [-0.15, -0.1) is 10.2 Å². The molecule has 0 fully saturated rings. The first kappa shape index (κ1) is 17.7. The van der Waals surface area contributed by atoms with Crippen LogP contribution < -0.4 is 0 Å². The molecule has 26 heavy (non-hydrogen) atoms. The maximum atomic E-state index is 12.9. The molecule has 3 rings (SSSR count). The first-order chi connectivity index (χ1) is 12.3. The Bertz CT molecular complexity index is 982. The maximum Gasteiger partial charge on any atom is 0.205 e. The molecule has 0 bridgehead atoms. The zero-order valence-corrected chi connectivity index (χ0v) is 15.5. The van der Waals surface area contributed by atoms with Gasteiger partial charge in [-0.1, -0.05) is 29.8 Å². The summed E-state index contributed by atoms with van der Waals surface area (Å²) >= 11 is 0. The van der Waals surface area contributed by atoms with Crippen molar-refractivity contribution < 1.29 is 9.59 Å². The molecule has 0 radical (unpaired) electrons. The van der Waals surface area contributed by atoms with E-state index in [2.05, 4.69) is 20.4 Å². The van der Waals surface area contributed by atoms with Crippen molar-refractivity contribution in [1.29, 1.82) is 0 Å². The van der Waals surface area contributed by atoms with Crippen LogP contribution >= 0.6 is 0 Å². The minimum atomic E-state index is -0.641. The molecule has 2 heterocycles. The van der Waals surface area contributed by atoms with Gasteiger partial charge < -0.3 is 4.98 Å². The number of Topliss-reactive ketones (excluding diaryl/α,β-unsaturated/α-hetero) is 2. The standard InChI is InChI=1S/C19H21N5O2/c1-10-6-8-15(9-7-10)19-21-23-24(22-19)13(4)18(26)17-11(2)16(14(5)25)12(3)20-17/h6-9,13,20H,1-5H3. The number of aromatic amines is 1. The number of benzene rings is 1. The molecule has 0 spiro atoms. The van der Waals surface area contributed by atoms with Gasteiger partial charge in [0.15, 0.2) is 5.78 Å². The van der Waals surface area contributed by atoms with Gasteiger partial charge in [-0.3, -0.25) is 9.59 Å². The fourth-order valence-electron chi connectivity index (χ4n) is 3.05. The third kappa shape index (κ3) is 3.08. The Morgan fingerprint density at radius 1 is 1.12 bits per heavy atom. The molecular weight excluding hydrogens is 330 g/mol. The number of tetrazole rings is 1. The predicted octanol–water partition coefficient (Wildman–Crippen LogP) is 3.24. The van der Waals surface area contributed by atoms with Gasteiger partial charge in [0.05, 0.1) is 5.69 Å². The van der Waals surface area contributed by atoms with Crippen LogP contribution in [-0.2, 0) is 0 Å². The third-order valence-electron chi connectivity index (χ3n) is 4.50. The molecule has 3 aromatic rings. The van der Waals surface area contributed by atoms with Crippen molar-refractivity contribution in [3.8, 4) is 11.4 Å². The lowest BCUT2D eigenvalue weighted by atomic mass is 10.0. The molecule has 1 atom stereocenters. The molecule has 1 unspecified atom stereocenters. The van der Waals surface area contributed by atoms with Gasteiger partial charge in [-0.2, -0.15) is 4.80 Å². The van der Waals surface area contributed by atoms with Crippen LogP contribution in [0.1, 0.15) is 57.6 Å². The summed E-state index contributed by atoms with van der Waals surface area (Å²) in [5.41, 5.74) is 4.31. The van der Waals surface area contributed by atoms with E-state index >= 15 is 0 Å². The van der Waals surface area contributed by atoms with E-state index < -0.39 is 6.04 Å². The number of H-pyrrole nitrogens is 1. The van der Waals surface area contributed by atoms with Crippen molar-refractivity contribution in [1.82, 2.24) is 25.2 Å². The average Bonchev–Trinajstić information content (AvgIpc) is 3.19. The Balaban J connectivity index is 1.89. The van der Waals surface area contributed by atoms with Gasteiger partial charge in [-0.05, 0) is 45.4 Å². The van der Waals surface area contributed by atoms with E-state index in [1.165, 1.54) is 11.7 Å². The SMILES string of the molecule is CC(=O)c1c(C)[nH]c(C(=O)C(C)n2nnc(-c3ccc(C)cc3)n2)c1C. The first-order valence-electron chi connectivity index (χ1n) is 8.40. The predicted molar refractivity (Wildman–Crippen MR) is 97.3 cm³/mol. The number of ketones is 2. The molecule has 7 nitrogen and oxygen atoms in total. The third-order valence-corrected chi connectivity index (χ3v) is 4.50. The van der Waals surface area contributed by atoms with Crippen LogP contribution in [0.15, 0.2) is 24.3 Å². The van der Waals surface area contributed by atoms with Crippen LogP contribution in [0.25, 0.3) is 11.4 Å². The molecule has 0 saturated carbocycles. The number of nitrogens with one attached hydrogen (secondary N) is 1. The number of rotatable bonds is 5. The summed E-state index contributed by atoms with van der Waals surface area (Å²) in [5, 5.41) is 12.4. The molecule has 0 aliphatic carbocycles. The van der Waals surface area contributed by atoms with Crippen LogP contribution in [0, 0.1) is 20.8 Å². The maximum absolute atomic E-state index is 12.9. The van der Waals surface area contributed by atoms with Crippen molar-refractivity contribution >= 4 is 11.6 Å². The highest BCUT2D eigenvalue weighted by molar-refractivity contribution is 6.04. The summed E-state index contributed by atoms with van der Waals surface area (Å²) in [6, 6.07) is 7.14. The molecule has 0 saturated heterocycles. The normalized spacial score (nSPS) is 12.2. The number of carbonyl (C=O) groups is 2. The second kappa shape index (κ2) is 6.67. The molecule has 2 aromatic heterocycles. The number of hydrogen-bond acceptors (Lipinski definition) is 5. The molecule has 0 aliphatic rings. The second-order valence-electron chi connectivity index (χ2n) is 6.52. The summed E-state index contributed by atoms with van der Waals surface area (Å²) < 4.78 is 0. The van der Waals surface area contributed by atoms with E-state index in [1.54, 1.807) is 20.8 Å². The Hall–Kier alpha value is -3.09. The highest BCUT2D eigenvalue weighted by Gasteiger charge is 2.26. The van der Waals surface area contributed by atoms with Crippen LogP contribution in [0.4, 0.5) is 0 Å². The molecule has 0 aliphatic heterocycles. The van der Waals surface area contributed by atoms with E-state index in [4.69, 9.17) is 0 Å².